The normalized spacial score (nSPS) is 22.3. The average molecular weight is 405 g/mol. The fourth-order valence-corrected chi connectivity index (χ4v) is 4.34. The summed E-state index contributed by atoms with van der Waals surface area (Å²) in [5.74, 6) is 0.586. The van der Waals surface area contributed by atoms with E-state index in [1.807, 2.05) is 6.08 Å². The molecule has 1 aromatic carbocycles. The summed E-state index contributed by atoms with van der Waals surface area (Å²) in [5, 5.41) is 7.85. The van der Waals surface area contributed by atoms with Gasteiger partial charge < -0.3 is 15.0 Å². The number of carbonyl (C=O) groups excluding carboxylic acids is 1. The second-order valence-corrected chi connectivity index (χ2v) is 8.33. The molecule has 3 heterocycles. The van der Waals surface area contributed by atoms with Gasteiger partial charge in [0.15, 0.2) is 0 Å². The smallest absolute Gasteiger partial charge is 0.414 e. The lowest BCUT2D eigenvalue weighted by atomic mass is 10.0. The number of cyclic esters (lactones) is 1. The summed E-state index contributed by atoms with van der Waals surface area (Å²) in [6.07, 6.45) is 3.17. The molecule has 2 N–H and O–H groups in total. The van der Waals surface area contributed by atoms with E-state index in [4.69, 9.17) is 10.5 Å². The Hall–Kier alpha value is -2.43. The molecule has 1 amide bonds. The minimum Gasteiger partial charge on any atom is -0.616 e. The van der Waals surface area contributed by atoms with Crippen molar-refractivity contribution in [1.82, 2.24) is 15.0 Å². The molecule has 2 aromatic rings. The van der Waals surface area contributed by atoms with E-state index in [0.717, 1.165) is 5.57 Å². The Morgan fingerprint density at radius 1 is 1.43 bits per heavy atom. The maximum absolute atomic E-state index is 14.7. The molecule has 1 fully saturated rings. The Morgan fingerprint density at radius 2 is 2.29 bits per heavy atom. The molecule has 2 aliphatic rings. The molecule has 0 aliphatic carbocycles. The number of aromatic nitrogens is 3. The lowest BCUT2D eigenvalue weighted by molar-refractivity contribution is 0.129. The van der Waals surface area contributed by atoms with Crippen LogP contribution in [0.5, 0.6) is 0 Å². The largest absolute Gasteiger partial charge is 0.616 e. The van der Waals surface area contributed by atoms with E-state index in [-0.39, 0.29) is 13.1 Å². The van der Waals surface area contributed by atoms with Crippen molar-refractivity contribution in [2.45, 2.75) is 25.6 Å². The number of allylic oxidation sites excluding steroid dienone is 1. The summed E-state index contributed by atoms with van der Waals surface area (Å²) in [7, 11) is 0. The van der Waals surface area contributed by atoms with Gasteiger partial charge in [0.25, 0.3) is 0 Å². The molecule has 1 saturated heterocycles. The summed E-state index contributed by atoms with van der Waals surface area (Å²) in [5.41, 5.74) is 7.95. The van der Waals surface area contributed by atoms with Gasteiger partial charge in [-0.15, -0.1) is 5.10 Å². The SMILES string of the molecule is NCc1cn(C[C@H]2CN(c3ccc(C4=CC[S+]([O-])CC4)c(F)c3)C(=O)O2)nn1. The molecule has 1 aromatic heterocycles. The Kier molecular flexibility index (Phi) is 5.33. The average Bonchev–Trinajstić information content (AvgIpc) is 3.29. The van der Waals surface area contributed by atoms with Crippen LogP contribution in [0.15, 0.2) is 30.5 Å². The summed E-state index contributed by atoms with van der Waals surface area (Å²) in [6.45, 7) is 0.922. The lowest BCUT2D eigenvalue weighted by Gasteiger charge is -2.19. The van der Waals surface area contributed by atoms with Gasteiger partial charge in [0, 0.05) is 24.7 Å². The van der Waals surface area contributed by atoms with E-state index in [2.05, 4.69) is 10.3 Å². The number of halogens is 1. The number of hydrogen-bond acceptors (Lipinski definition) is 6. The first-order chi connectivity index (χ1) is 13.5. The van der Waals surface area contributed by atoms with Gasteiger partial charge in [0.1, 0.15) is 23.4 Å². The molecular weight excluding hydrogens is 385 g/mol. The molecule has 2 aliphatic heterocycles. The van der Waals surface area contributed by atoms with Gasteiger partial charge >= 0.3 is 6.09 Å². The Morgan fingerprint density at radius 3 is 2.96 bits per heavy atom. The summed E-state index contributed by atoms with van der Waals surface area (Å²) in [6, 6.07) is 4.71. The third-order valence-corrected chi connectivity index (χ3v) is 5.98. The highest BCUT2D eigenvalue weighted by molar-refractivity contribution is 7.91. The van der Waals surface area contributed by atoms with E-state index in [9.17, 15) is 13.7 Å². The van der Waals surface area contributed by atoms with E-state index in [0.29, 0.717) is 41.4 Å². The number of nitrogens with zero attached hydrogens (tertiary/aromatic N) is 4. The minimum atomic E-state index is -0.859. The second-order valence-electron chi connectivity index (χ2n) is 6.71. The van der Waals surface area contributed by atoms with Crippen molar-refractivity contribution in [3.05, 3.63) is 47.5 Å². The van der Waals surface area contributed by atoms with Gasteiger partial charge in [-0.05, 0) is 41.0 Å². The van der Waals surface area contributed by atoms with E-state index in [1.54, 1.807) is 23.0 Å². The molecule has 1 unspecified atom stereocenters. The standard InChI is InChI=1S/C18H20FN5O3S/c19-17-7-14(1-2-16(17)12-3-5-28(26)6-4-12)24-11-15(27-18(24)25)10-23-9-13(8-20)21-22-23/h1-3,7,9,15H,4-6,8,10-11,20H2/t15-,28?/m0/s1. The molecule has 2 atom stereocenters. The first-order valence-corrected chi connectivity index (χ1v) is 10.4. The molecule has 10 heteroatoms. The zero-order valence-electron chi connectivity index (χ0n) is 15.1. The summed E-state index contributed by atoms with van der Waals surface area (Å²) < 4.78 is 33.1. The van der Waals surface area contributed by atoms with Crippen LogP contribution in [0.2, 0.25) is 0 Å². The van der Waals surface area contributed by atoms with Crippen LogP contribution in [-0.4, -0.2) is 49.8 Å². The molecule has 28 heavy (non-hydrogen) atoms. The molecular formula is C18H20FN5O3S. The highest BCUT2D eigenvalue weighted by Gasteiger charge is 2.33. The first-order valence-electron chi connectivity index (χ1n) is 8.94. The number of amides is 1. The zero-order chi connectivity index (χ0) is 19.7. The number of hydrogen-bond donors (Lipinski definition) is 1. The van der Waals surface area contributed by atoms with Crippen molar-refractivity contribution in [3.8, 4) is 0 Å². The number of nitrogens with two attached hydrogens (primary N) is 1. The fourth-order valence-electron chi connectivity index (χ4n) is 3.34. The van der Waals surface area contributed by atoms with Crippen LogP contribution in [0.3, 0.4) is 0 Å². The highest BCUT2D eigenvalue weighted by Crippen LogP contribution is 2.30. The van der Waals surface area contributed by atoms with Crippen molar-refractivity contribution in [1.29, 1.82) is 0 Å². The zero-order valence-corrected chi connectivity index (χ0v) is 15.9. The minimum absolute atomic E-state index is 0.286. The molecule has 0 saturated carbocycles. The molecule has 0 bridgehead atoms. The van der Waals surface area contributed by atoms with Gasteiger partial charge in [-0.25, -0.2) is 13.9 Å². The third kappa shape index (κ3) is 3.89. The fraction of sp³-hybridized carbons (Fsp3) is 0.389. The van der Waals surface area contributed by atoms with Gasteiger partial charge in [-0.1, -0.05) is 5.21 Å². The molecule has 4 rings (SSSR count). The van der Waals surface area contributed by atoms with Gasteiger partial charge in [-0.2, -0.15) is 0 Å². The molecule has 0 spiro atoms. The van der Waals surface area contributed by atoms with Crippen molar-refractivity contribution in [2.75, 3.05) is 23.0 Å². The summed E-state index contributed by atoms with van der Waals surface area (Å²) >= 11 is -0.859. The van der Waals surface area contributed by atoms with Crippen molar-refractivity contribution < 1.29 is 18.5 Å². The van der Waals surface area contributed by atoms with Crippen LogP contribution < -0.4 is 10.6 Å². The Labute approximate surface area is 164 Å². The molecule has 8 nitrogen and oxygen atoms in total. The second kappa shape index (κ2) is 7.90. The van der Waals surface area contributed by atoms with Gasteiger partial charge in [0.05, 0.1) is 24.5 Å². The molecule has 148 valence electrons. The summed E-state index contributed by atoms with van der Waals surface area (Å²) in [4.78, 5) is 13.6. The van der Waals surface area contributed by atoms with Gasteiger partial charge in [-0.3, -0.25) is 4.90 Å². The Balaban J connectivity index is 1.46. The van der Waals surface area contributed by atoms with Crippen LogP contribution >= 0.6 is 0 Å². The monoisotopic (exact) mass is 405 g/mol. The Bertz CT molecular complexity index is 918. The predicted octanol–water partition coefficient (Wildman–Crippen LogP) is 1.44. The number of carbonyl (C=O) groups is 1. The molecule has 0 radical (unpaired) electrons. The van der Waals surface area contributed by atoms with Crippen molar-refractivity contribution in [2.24, 2.45) is 5.73 Å². The van der Waals surface area contributed by atoms with E-state index in [1.165, 1.54) is 11.0 Å². The van der Waals surface area contributed by atoms with Crippen LogP contribution in [0.25, 0.3) is 5.57 Å². The maximum Gasteiger partial charge on any atom is 0.414 e. The number of rotatable bonds is 5. The van der Waals surface area contributed by atoms with Crippen LogP contribution in [0, 0.1) is 5.82 Å². The van der Waals surface area contributed by atoms with Gasteiger partial charge in [0.2, 0.25) is 0 Å². The van der Waals surface area contributed by atoms with E-state index < -0.39 is 29.2 Å². The van der Waals surface area contributed by atoms with Crippen LogP contribution in [-0.2, 0) is 29.0 Å². The lowest BCUT2D eigenvalue weighted by Crippen LogP contribution is -2.26. The highest BCUT2D eigenvalue weighted by atomic mass is 32.2. The third-order valence-electron chi connectivity index (χ3n) is 4.78. The number of anilines is 1. The topological polar surface area (TPSA) is 109 Å². The quantitative estimate of drug-likeness (QED) is 0.754. The van der Waals surface area contributed by atoms with Crippen molar-refractivity contribution >= 4 is 28.5 Å². The van der Waals surface area contributed by atoms with Crippen LogP contribution in [0.1, 0.15) is 17.7 Å². The van der Waals surface area contributed by atoms with Crippen LogP contribution in [0.4, 0.5) is 14.9 Å². The van der Waals surface area contributed by atoms with E-state index >= 15 is 0 Å². The number of ether oxygens (including phenoxy) is 1. The first kappa shape index (κ1) is 18.9. The van der Waals surface area contributed by atoms with Crippen molar-refractivity contribution in [3.63, 3.8) is 0 Å². The predicted molar refractivity (Wildman–Crippen MR) is 102 cm³/mol. The maximum atomic E-state index is 14.7. The number of benzene rings is 1.